The lowest BCUT2D eigenvalue weighted by molar-refractivity contribution is -0.355. The molecule has 0 aromatic heterocycles. The molecular formula is C14H7BrFNO2. The van der Waals surface area contributed by atoms with E-state index in [1.165, 1.54) is 12.1 Å². The molecule has 0 fully saturated rings. The first-order chi connectivity index (χ1) is 9.08. The summed E-state index contributed by atoms with van der Waals surface area (Å²) >= 11 is 3.29. The Morgan fingerprint density at radius 2 is 1.95 bits per heavy atom. The second-order valence-electron chi connectivity index (χ2n) is 4.14. The highest BCUT2D eigenvalue weighted by atomic mass is 79.9. The molecule has 3 rings (SSSR count). The predicted molar refractivity (Wildman–Crippen MR) is 72.3 cm³/mol. The molecule has 2 aromatic carbocycles. The highest BCUT2D eigenvalue weighted by Gasteiger charge is 2.36. The van der Waals surface area contributed by atoms with Gasteiger partial charge in [0.15, 0.2) is 0 Å². The van der Waals surface area contributed by atoms with Crippen LogP contribution in [-0.4, -0.2) is 16.2 Å². The van der Waals surface area contributed by atoms with E-state index in [9.17, 15) is 14.4 Å². The standard InChI is InChI=1S/C14H7BrFNO2/c15-9-3-1-2-8(6-9)13-14(18)11-7-10(16)4-5-12(11)17(13)19/h1-7H. The fourth-order valence-corrected chi connectivity index (χ4v) is 2.49. The molecule has 0 aliphatic carbocycles. The van der Waals surface area contributed by atoms with Crippen LogP contribution in [0.4, 0.5) is 10.1 Å². The number of carbonyl (C=O) groups excluding carboxylic acids is 1. The summed E-state index contributed by atoms with van der Waals surface area (Å²) in [7, 11) is 0. The molecule has 0 saturated carbocycles. The van der Waals surface area contributed by atoms with Crippen LogP contribution in [-0.2, 0) is 0 Å². The smallest absolute Gasteiger partial charge is 0.272 e. The van der Waals surface area contributed by atoms with E-state index in [0.717, 1.165) is 10.5 Å². The Morgan fingerprint density at radius 3 is 2.68 bits per heavy atom. The molecule has 3 nitrogen and oxygen atoms in total. The topological polar surface area (TPSA) is 43.1 Å². The van der Waals surface area contributed by atoms with Crippen LogP contribution in [0.25, 0.3) is 0 Å². The first-order valence-corrected chi connectivity index (χ1v) is 6.31. The Balaban J connectivity index is 2.20. The Labute approximate surface area is 116 Å². The van der Waals surface area contributed by atoms with Gasteiger partial charge in [-0.2, -0.15) is 4.74 Å². The van der Waals surface area contributed by atoms with Crippen LogP contribution < -0.4 is 0 Å². The molecular weight excluding hydrogens is 313 g/mol. The van der Waals surface area contributed by atoms with Gasteiger partial charge in [-0.1, -0.05) is 22.0 Å². The van der Waals surface area contributed by atoms with Gasteiger partial charge < -0.3 is 5.21 Å². The zero-order valence-electron chi connectivity index (χ0n) is 9.56. The molecule has 2 aromatic rings. The number of halogens is 2. The summed E-state index contributed by atoms with van der Waals surface area (Å²) in [5.74, 6) is -0.987. The SMILES string of the molecule is O=C1C(c2cccc(Br)c2)=[N+]([O-])c2ccc(F)cc21. The van der Waals surface area contributed by atoms with Crippen LogP contribution in [0.1, 0.15) is 15.9 Å². The summed E-state index contributed by atoms with van der Waals surface area (Å²) in [5, 5.41) is 12.2. The predicted octanol–water partition coefficient (Wildman–Crippen LogP) is 3.42. The number of ketones is 1. The van der Waals surface area contributed by atoms with E-state index >= 15 is 0 Å². The third kappa shape index (κ3) is 1.86. The average Bonchev–Trinajstić information content (AvgIpc) is 2.61. The van der Waals surface area contributed by atoms with Crippen LogP contribution in [0.5, 0.6) is 0 Å². The van der Waals surface area contributed by atoms with E-state index in [0.29, 0.717) is 10.3 Å². The zero-order chi connectivity index (χ0) is 13.6. The minimum atomic E-state index is -0.531. The van der Waals surface area contributed by atoms with Gasteiger partial charge in [0.2, 0.25) is 5.69 Å². The van der Waals surface area contributed by atoms with E-state index in [-0.39, 0.29) is 17.0 Å². The van der Waals surface area contributed by atoms with E-state index in [1.807, 2.05) is 0 Å². The van der Waals surface area contributed by atoms with Crippen molar-refractivity contribution in [3.63, 3.8) is 0 Å². The molecule has 1 aliphatic rings. The normalized spacial score (nSPS) is 13.9. The number of carbonyl (C=O) groups is 1. The van der Waals surface area contributed by atoms with Gasteiger partial charge in [0.1, 0.15) is 11.4 Å². The van der Waals surface area contributed by atoms with Crippen LogP contribution in [0.3, 0.4) is 0 Å². The summed E-state index contributed by atoms with van der Waals surface area (Å²) < 4.78 is 14.5. The van der Waals surface area contributed by atoms with Crippen LogP contribution >= 0.6 is 15.9 Å². The maximum atomic E-state index is 13.2. The lowest BCUT2D eigenvalue weighted by Crippen LogP contribution is -2.16. The van der Waals surface area contributed by atoms with E-state index < -0.39 is 11.6 Å². The molecule has 1 heterocycles. The fourth-order valence-electron chi connectivity index (χ4n) is 2.09. The van der Waals surface area contributed by atoms with E-state index in [2.05, 4.69) is 15.9 Å². The zero-order valence-corrected chi connectivity index (χ0v) is 11.1. The first-order valence-electron chi connectivity index (χ1n) is 5.52. The van der Waals surface area contributed by atoms with Crippen molar-refractivity contribution >= 4 is 33.1 Å². The highest BCUT2D eigenvalue weighted by molar-refractivity contribution is 9.10. The summed E-state index contributed by atoms with van der Waals surface area (Å²) in [6.07, 6.45) is 0. The van der Waals surface area contributed by atoms with Gasteiger partial charge in [-0.25, -0.2) is 4.39 Å². The van der Waals surface area contributed by atoms with E-state index in [4.69, 9.17) is 0 Å². The van der Waals surface area contributed by atoms with Crippen LogP contribution in [0.15, 0.2) is 46.9 Å². The highest BCUT2D eigenvalue weighted by Crippen LogP contribution is 2.29. The lowest BCUT2D eigenvalue weighted by atomic mass is 10.0. The van der Waals surface area contributed by atoms with Crippen LogP contribution in [0, 0.1) is 11.0 Å². The Kier molecular flexibility index (Phi) is 2.71. The number of hydrogen-bond acceptors (Lipinski definition) is 2. The van der Waals surface area contributed by atoms with Crippen molar-refractivity contribution in [2.45, 2.75) is 0 Å². The average molecular weight is 320 g/mol. The van der Waals surface area contributed by atoms with Gasteiger partial charge >= 0.3 is 0 Å². The summed E-state index contributed by atoms with van der Waals surface area (Å²) in [5.41, 5.74) is 0.805. The van der Waals surface area contributed by atoms with Gasteiger partial charge in [0.25, 0.3) is 11.5 Å². The molecule has 19 heavy (non-hydrogen) atoms. The molecule has 1 aliphatic heterocycles. The quantitative estimate of drug-likeness (QED) is 0.597. The molecule has 0 unspecified atom stereocenters. The molecule has 0 spiro atoms. The van der Waals surface area contributed by atoms with Gasteiger partial charge in [-0.05, 0) is 30.3 Å². The summed E-state index contributed by atoms with van der Waals surface area (Å²) in [4.78, 5) is 12.2. The maximum Gasteiger partial charge on any atom is 0.272 e. The first kappa shape index (κ1) is 12.0. The van der Waals surface area contributed by atoms with Crippen molar-refractivity contribution in [3.05, 3.63) is 69.1 Å². The number of rotatable bonds is 1. The third-order valence-corrected chi connectivity index (χ3v) is 3.43. The molecule has 0 saturated heterocycles. The largest absolute Gasteiger partial charge is 0.618 e. The minimum absolute atomic E-state index is 0.0156. The van der Waals surface area contributed by atoms with Gasteiger partial charge in [0, 0.05) is 10.5 Å². The molecule has 0 N–H and O–H groups in total. The van der Waals surface area contributed by atoms with E-state index in [1.54, 1.807) is 24.3 Å². The second-order valence-corrected chi connectivity index (χ2v) is 5.06. The lowest BCUT2D eigenvalue weighted by Gasteiger charge is -2.02. The maximum absolute atomic E-state index is 13.2. The minimum Gasteiger partial charge on any atom is -0.618 e. The third-order valence-electron chi connectivity index (χ3n) is 2.94. The molecule has 94 valence electrons. The van der Waals surface area contributed by atoms with Crippen molar-refractivity contribution in [3.8, 4) is 0 Å². The van der Waals surface area contributed by atoms with Crippen molar-refractivity contribution < 1.29 is 13.9 Å². The molecule has 0 radical (unpaired) electrons. The van der Waals surface area contributed by atoms with Crippen molar-refractivity contribution in [1.29, 1.82) is 0 Å². The Bertz CT molecular complexity index is 740. The van der Waals surface area contributed by atoms with Gasteiger partial charge in [-0.3, -0.25) is 4.79 Å². The molecule has 5 heteroatoms. The van der Waals surface area contributed by atoms with Crippen molar-refractivity contribution in [1.82, 2.24) is 0 Å². The summed E-state index contributed by atoms with van der Waals surface area (Å²) in [6.45, 7) is 0. The number of fused-ring (bicyclic) bond motifs is 1. The van der Waals surface area contributed by atoms with Crippen molar-refractivity contribution in [2.24, 2.45) is 0 Å². The van der Waals surface area contributed by atoms with Gasteiger partial charge in [-0.15, -0.1) is 0 Å². The Morgan fingerprint density at radius 1 is 1.16 bits per heavy atom. The monoisotopic (exact) mass is 319 g/mol. The summed E-state index contributed by atoms with van der Waals surface area (Å²) in [6, 6.07) is 10.5. The van der Waals surface area contributed by atoms with Gasteiger partial charge in [0.05, 0.1) is 5.56 Å². The van der Waals surface area contributed by atoms with Crippen molar-refractivity contribution in [2.75, 3.05) is 0 Å². The number of benzene rings is 2. The molecule has 0 amide bonds. The molecule has 0 bridgehead atoms. The molecule has 0 atom stereocenters. The number of Topliss-reactive ketones (excluding diaryl/α,β-unsaturated/α-hetero) is 1. The number of nitrogens with zero attached hydrogens (tertiary/aromatic N) is 1. The fraction of sp³-hybridized carbons (Fsp3) is 0. The number of hydrogen-bond donors (Lipinski definition) is 0. The van der Waals surface area contributed by atoms with Crippen LogP contribution in [0.2, 0.25) is 0 Å². The second kappa shape index (κ2) is 4.28. The Hall–Kier alpha value is -2.01.